The fourth-order valence-corrected chi connectivity index (χ4v) is 4.05. The van der Waals surface area contributed by atoms with Crippen molar-refractivity contribution in [3.05, 3.63) is 70.0 Å². The van der Waals surface area contributed by atoms with Crippen LogP contribution in [0.3, 0.4) is 0 Å². The number of hydrogen-bond acceptors (Lipinski definition) is 4. The van der Waals surface area contributed by atoms with Crippen LogP contribution in [0.1, 0.15) is 11.1 Å². The fraction of sp³-hybridized carbons (Fsp3) is 0.150. The van der Waals surface area contributed by atoms with E-state index in [-0.39, 0.29) is 18.0 Å². The number of benzene rings is 2. The van der Waals surface area contributed by atoms with E-state index in [9.17, 15) is 9.59 Å². The number of para-hydroxylation sites is 2. The highest BCUT2D eigenvalue weighted by molar-refractivity contribution is 7.22. The molecule has 26 heavy (non-hydrogen) atoms. The van der Waals surface area contributed by atoms with Crippen molar-refractivity contribution in [1.82, 2.24) is 9.55 Å². The lowest BCUT2D eigenvalue weighted by molar-refractivity contribution is -0.116. The van der Waals surface area contributed by atoms with Gasteiger partial charge in [-0.1, -0.05) is 41.7 Å². The van der Waals surface area contributed by atoms with Gasteiger partial charge in [-0.25, -0.2) is 4.98 Å². The van der Waals surface area contributed by atoms with Crippen LogP contribution in [0, 0.1) is 13.8 Å². The Morgan fingerprint density at radius 2 is 1.92 bits per heavy atom. The first-order chi connectivity index (χ1) is 12.5. The number of pyridine rings is 1. The molecule has 2 heterocycles. The standard InChI is InChI=1S/C20H17N3O2S/c1-12-6-5-7-14-13(2)10-18(25)23(19(12)14)11-17(24)22-20-21-15-8-3-4-9-16(15)26-20/h3-10H,11H2,1-2H3,(H,21,22,24). The van der Waals surface area contributed by atoms with E-state index in [2.05, 4.69) is 10.3 Å². The molecule has 0 aliphatic carbocycles. The zero-order valence-electron chi connectivity index (χ0n) is 14.4. The van der Waals surface area contributed by atoms with Gasteiger partial charge in [-0.3, -0.25) is 14.2 Å². The van der Waals surface area contributed by atoms with Gasteiger partial charge in [0.15, 0.2) is 5.13 Å². The molecular formula is C20H17N3O2S. The first-order valence-electron chi connectivity index (χ1n) is 8.28. The van der Waals surface area contributed by atoms with Gasteiger partial charge in [-0.15, -0.1) is 0 Å². The van der Waals surface area contributed by atoms with E-state index in [0.717, 1.165) is 32.2 Å². The Labute approximate surface area is 153 Å². The Kier molecular flexibility index (Phi) is 4.05. The molecule has 1 N–H and O–H groups in total. The zero-order valence-corrected chi connectivity index (χ0v) is 15.3. The Balaban J connectivity index is 1.68. The Bertz CT molecular complexity index is 1170. The Morgan fingerprint density at radius 1 is 1.12 bits per heavy atom. The molecule has 0 saturated carbocycles. The minimum atomic E-state index is -0.264. The van der Waals surface area contributed by atoms with E-state index in [0.29, 0.717) is 5.13 Å². The zero-order chi connectivity index (χ0) is 18.3. The van der Waals surface area contributed by atoms with Crippen molar-refractivity contribution in [2.75, 3.05) is 5.32 Å². The van der Waals surface area contributed by atoms with Crippen LogP contribution in [0.4, 0.5) is 5.13 Å². The summed E-state index contributed by atoms with van der Waals surface area (Å²) in [5.41, 5.74) is 3.36. The molecule has 0 radical (unpaired) electrons. The molecule has 4 aromatic rings. The van der Waals surface area contributed by atoms with Gasteiger partial charge in [0.05, 0.1) is 15.7 Å². The molecule has 0 fully saturated rings. The number of nitrogens with zero attached hydrogens (tertiary/aromatic N) is 2. The summed E-state index contributed by atoms with van der Waals surface area (Å²) in [6.07, 6.45) is 0. The van der Waals surface area contributed by atoms with Crippen molar-refractivity contribution in [2.45, 2.75) is 20.4 Å². The summed E-state index contributed by atoms with van der Waals surface area (Å²) in [5, 5.41) is 4.34. The fourth-order valence-electron chi connectivity index (χ4n) is 3.17. The minimum absolute atomic E-state index is 0.0452. The summed E-state index contributed by atoms with van der Waals surface area (Å²) in [4.78, 5) is 29.5. The maximum absolute atomic E-state index is 12.5. The molecule has 4 rings (SSSR count). The highest BCUT2D eigenvalue weighted by Crippen LogP contribution is 2.25. The van der Waals surface area contributed by atoms with Crippen LogP contribution < -0.4 is 10.9 Å². The van der Waals surface area contributed by atoms with Gasteiger partial charge in [-0.05, 0) is 37.1 Å². The Hall–Kier alpha value is -2.99. The molecule has 130 valence electrons. The molecule has 0 atom stereocenters. The van der Waals surface area contributed by atoms with Crippen molar-refractivity contribution in [3.63, 3.8) is 0 Å². The first-order valence-corrected chi connectivity index (χ1v) is 9.10. The summed E-state index contributed by atoms with van der Waals surface area (Å²) in [6.45, 7) is 3.81. The molecule has 0 spiro atoms. The second-order valence-corrected chi connectivity index (χ2v) is 7.29. The van der Waals surface area contributed by atoms with Gasteiger partial charge in [0.25, 0.3) is 5.56 Å². The quantitative estimate of drug-likeness (QED) is 0.601. The highest BCUT2D eigenvalue weighted by Gasteiger charge is 2.13. The maximum Gasteiger partial charge on any atom is 0.251 e. The lowest BCUT2D eigenvalue weighted by atomic mass is 10.1. The molecule has 0 saturated heterocycles. The van der Waals surface area contributed by atoms with E-state index in [1.807, 2.05) is 56.3 Å². The molecule has 6 heteroatoms. The van der Waals surface area contributed by atoms with Gasteiger partial charge in [0.2, 0.25) is 5.91 Å². The number of carbonyl (C=O) groups is 1. The topological polar surface area (TPSA) is 64.0 Å². The van der Waals surface area contributed by atoms with Crippen molar-refractivity contribution in [1.29, 1.82) is 0 Å². The minimum Gasteiger partial charge on any atom is -0.300 e. The maximum atomic E-state index is 12.5. The van der Waals surface area contributed by atoms with E-state index >= 15 is 0 Å². The van der Waals surface area contributed by atoms with E-state index in [1.54, 1.807) is 6.07 Å². The first kappa shape index (κ1) is 16.5. The summed E-state index contributed by atoms with van der Waals surface area (Å²) >= 11 is 1.42. The second-order valence-electron chi connectivity index (χ2n) is 6.26. The van der Waals surface area contributed by atoms with Gasteiger partial charge in [0.1, 0.15) is 6.54 Å². The molecule has 2 aromatic carbocycles. The van der Waals surface area contributed by atoms with Crippen LogP contribution >= 0.6 is 11.3 Å². The molecule has 0 unspecified atom stereocenters. The summed E-state index contributed by atoms with van der Waals surface area (Å²) in [7, 11) is 0. The van der Waals surface area contributed by atoms with Gasteiger partial charge in [-0.2, -0.15) is 0 Å². The second kappa shape index (κ2) is 6.38. The van der Waals surface area contributed by atoms with Crippen LogP contribution in [0.25, 0.3) is 21.1 Å². The average molecular weight is 363 g/mol. The predicted molar refractivity (Wildman–Crippen MR) is 106 cm³/mol. The van der Waals surface area contributed by atoms with Gasteiger partial charge >= 0.3 is 0 Å². The predicted octanol–water partition coefficient (Wildman–Crippen LogP) is 3.87. The third kappa shape index (κ3) is 2.88. The van der Waals surface area contributed by atoms with E-state index in [4.69, 9.17) is 0 Å². The number of rotatable bonds is 3. The van der Waals surface area contributed by atoms with Crippen LogP contribution in [0.5, 0.6) is 0 Å². The third-order valence-corrected chi connectivity index (χ3v) is 5.33. The van der Waals surface area contributed by atoms with Crippen molar-refractivity contribution in [3.8, 4) is 0 Å². The number of aryl methyl sites for hydroxylation is 2. The number of fused-ring (bicyclic) bond motifs is 2. The lowest BCUT2D eigenvalue weighted by Gasteiger charge is -2.13. The SMILES string of the molecule is Cc1cc(=O)n(CC(=O)Nc2nc3ccccc3s2)c2c(C)cccc12. The molecule has 5 nitrogen and oxygen atoms in total. The van der Waals surface area contributed by atoms with Crippen LogP contribution in [0.15, 0.2) is 53.3 Å². The molecule has 2 aromatic heterocycles. The van der Waals surface area contributed by atoms with Crippen molar-refractivity contribution in [2.24, 2.45) is 0 Å². The monoisotopic (exact) mass is 363 g/mol. The largest absolute Gasteiger partial charge is 0.300 e. The Morgan fingerprint density at radius 3 is 2.73 bits per heavy atom. The number of hydrogen-bond donors (Lipinski definition) is 1. The number of carbonyl (C=O) groups excluding carboxylic acids is 1. The number of nitrogens with one attached hydrogen (secondary N) is 1. The molecule has 1 amide bonds. The van der Waals surface area contributed by atoms with Crippen molar-refractivity contribution < 1.29 is 4.79 Å². The number of aromatic nitrogens is 2. The molecule has 0 bridgehead atoms. The van der Waals surface area contributed by atoms with Gasteiger partial charge in [0, 0.05) is 11.5 Å². The number of thiazole rings is 1. The lowest BCUT2D eigenvalue weighted by Crippen LogP contribution is -2.28. The molecule has 0 aliphatic rings. The molecule has 0 aliphatic heterocycles. The number of anilines is 1. The summed E-state index contributed by atoms with van der Waals surface area (Å²) < 4.78 is 2.54. The average Bonchev–Trinajstić information content (AvgIpc) is 3.00. The van der Waals surface area contributed by atoms with Crippen LogP contribution in [-0.2, 0) is 11.3 Å². The van der Waals surface area contributed by atoms with Crippen LogP contribution in [0.2, 0.25) is 0 Å². The van der Waals surface area contributed by atoms with Crippen molar-refractivity contribution >= 4 is 43.5 Å². The molecular weight excluding hydrogens is 346 g/mol. The normalized spacial score (nSPS) is 11.2. The number of amides is 1. The van der Waals surface area contributed by atoms with E-state index in [1.165, 1.54) is 15.9 Å². The highest BCUT2D eigenvalue weighted by atomic mass is 32.1. The third-order valence-electron chi connectivity index (χ3n) is 4.38. The van der Waals surface area contributed by atoms with Gasteiger partial charge < -0.3 is 5.32 Å². The van der Waals surface area contributed by atoms with Crippen LogP contribution in [-0.4, -0.2) is 15.5 Å². The smallest absolute Gasteiger partial charge is 0.251 e. The van der Waals surface area contributed by atoms with E-state index < -0.39 is 0 Å². The summed E-state index contributed by atoms with van der Waals surface area (Å²) in [6, 6.07) is 15.2. The summed E-state index contributed by atoms with van der Waals surface area (Å²) in [5.74, 6) is -0.264.